The highest BCUT2D eigenvalue weighted by Gasteiger charge is 2.00. The molecule has 0 fully saturated rings. The number of carbonyl (C=O) groups is 1. The molecular weight excluding hydrogens is 317 g/mol. The van der Waals surface area contributed by atoms with Crippen LogP contribution in [0.3, 0.4) is 0 Å². The first-order valence-electron chi connectivity index (χ1n) is 5.87. The zero-order valence-electron chi connectivity index (χ0n) is 11.0. The Morgan fingerprint density at radius 2 is 1.80 bits per heavy atom. The lowest BCUT2D eigenvalue weighted by atomic mass is 10.2. The second kappa shape index (κ2) is 8.09. The predicted octanol–water partition coefficient (Wildman–Crippen LogP) is 2.91. The van der Waals surface area contributed by atoms with Crippen LogP contribution in [0.2, 0.25) is 10.0 Å². The number of hydrogen-bond donors (Lipinski definition) is 3. The van der Waals surface area contributed by atoms with Gasteiger partial charge in [0.05, 0.1) is 0 Å². The van der Waals surface area contributed by atoms with Gasteiger partial charge < -0.3 is 5.32 Å². The van der Waals surface area contributed by atoms with Gasteiger partial charge in [-0.1, -0.05) is 23.2 Å². The number of nitrogens with one attached hydrogen (secondary N) is 3. The van der Waals surface area contributed by atoms with Crippen LogP contribution in [0.25, 0.3) is 6.08 Å². The summed E-state index contributed by atoms with van der Waals surface area (Å²) in [6, 6.07) is 5.22. The molecule has 108 valence electrons. The Kier molecular flexibility index (Phi) is 6.78. The summed E-state index contributed by atoms with van der Waals surface area (Å²) in [6.45, 7) is 3.89. The van der Waals surface area contributed by atoms with E-state index in [-0.39, 0.29) is 11.9 Å². The molecule has 0 bridgehead atoms. The van der Waals surface area contributed by atoms with Crippen molar-refractivity contribution in [3.05, 3.63) is 39.9 Å². The molecule has 1 rings (SSSR count). The Hall–Kier alpha value is -1.30. The van der Waals surface area contributed by atoms with E-state index in [0.29, 0.717) is 15.2 Å². The minimum Gasteiger partial charge on any atom is -0.359 e. The van der Waals surface area contributed by atoms with E-state index >= 15 is 0 Å². The Morgan fingerprint density at radius 1 is 1.20 bits per heavy atom. The normalized spacial score (nSPS) is 10.7. The van der Waals surface area contributed by atoms with Crippen LogP contribution in [-0.2, 0) is 4.79 Å². The predicted molar refractivity (Wildman–Crippen MR) is 87.6 cm³/mol. The van der Waals surface area contributed by atoms with Crippen molar-refractivity contribution in [2.24, 2.45) is 0 Å². The van der Waals surface area contributed by atoms with Crippen molar-refractivity contribution in [1.29, 1.82) is 0 Å². The summed E-state index contributed by atoms with van der Waals surface area (Å²) in [4.78, 5) is 11.6. The van der Waals surface area contributed by atoms with E-state index in [0.717, 1.165) is 5.56 Å². The van der Waals surface area contributed by atoms with Gasteiger partial charge in [0.1, 0.15) is 0 Å². The highest BCUT2D eigenvalue weighted by molar-refractivity contribution is 7.80. The second-order valence-electron chi connectivity index (χ2n) is 4.28. The smallest absolute Gasteiger partial charge is 0.262 e. The summed E-state index contributed by atoms with van der Waals surface area (Å²) in [6.07, 6.45) is 2.96. The lowest BCUT2D eigenvalue weighted by molar-refractivity contribution is -0.116. The highest BCUT2D eigenvalue weighted by atomic mass is 35.5. The summed E-state index contributed by atoms with van der Waals surface area (Å²) in [5, 5.41) is 4.31. The van der Waals surface area contributed by atoms with Crippen molar-refractivity contribution in [3.8, 4) is 0 Å². The third-order valence-corrected chi connectivity index (χ3v) is 2.69. The quantitative estimate of drug-likeness (QED) is 0.453. The van der Waals surface area contributed by atoms with Crippen LogP contribution in [0.5, 0.6) is 0 Å². The molecule has 0 saturated carbocycles. The summed E-state index contributed by atoms with van der Waals surface area (Å²) in [7, 11) is 0. The van der Waals surface area contributed by atoms with Gasteiger partial charge in [0.25, 0.3) is 5.91 Å². The van der Waals surface area contributed by atoms with Crippen molar-refractivity contribution in [2.45, 2.75) is 19.9 Å². The van der Waals surface area contributed by atoms with Gasteiger partial charge in [0.15, 0.2) is 5.11 Å². The minimum absolute atomic E-state index is 0.191. The SMILES string of the molecule is CC(C)NC(=S)NNC(=O)/C=C/c1cc(Cl)cc(Cl)c1. The molecule has 3 N–H and O–H groups in total. The number of hydrazine groups is 1. The summed E-state index contributed by atoms with van der Waals surface area (Å²) in [5.74, 6) is -0.339. The van der Waals surface area contributed by atoms with Crippen molar-refractivity contribution in [3.63, 3.8) is 0 Å². The van der Waals surface area contributed by atoms with E-state index in [9.17, 15) is 4.79 Å². The van der Waals surface area contributed by atoms with Crippen molar-refractivity contribution in [2.75, 3.05) is 0 Å². The van der Waals surface area contributed by atoms with E-state index in [1.54, 1.807) is 24.3 Å². The van der Waals surface area contributed by atoms with Gasteiger partial charge in [-0.05, 0) is 55.9 Å². The molecule has 0 saturated heterocycles. The second-order valence-corrected chi connectivity index (χ2v) is 5.56. The van der Waals surface area contributed by atoms with E-state index in [1.165, 1.54) is 6.08 Å². The first-order chi connectivity index (χ1) is 9.36. The number of benzene rings is 1. The van der Waals surface area contributed by atoms with Gasteiger partial charge in [0, 0.05) is 22.2 Å². The number of halogens is 2. The standard InChI is InChI=1S/C13H15Cl2N3OS/c1-8(2)16-13(20)18-17-12(19)4-3-9-5-10(14)7-11(15)6-9/h3-8H,1-2H3,(H,17,19)(H2,16,18,20)/b4-3+. The van der Waals surface area contributed by atoms with E-state index in [2.05, 4.69) is 16.2 Å². The highest BCUT2D eigenvalue weighted by Crippen LogP contribution is 2.19. The van der Waals surface area contributed by atoms with Gasteiger partial charge in [-0.25, -0.2) is 0 Å². The lowest BCUT2D eigenvalue weighted by Gasteiger charge is -2.12. The number of thiocarbonyl (C=S) groups is 1. The zero-order chi connectivity index (χ0) is 15.1. The number of carbonyl (C=O) groups excluding carboxylic acids is 1. The molecular formula is C13H15Cl2N3OS. The molecule has 0 atom stereocenters. The molecule has 0 unspecified atom stereocenters. The van der Waals surface area contributed by atoms with E-state index in [1.807, 2.05) is 13.8 Å². The molecule has 0 aliphatic carbocycles. The van der Waals surface area contributed by atoms with Crippen LogP contribution in [0.1, 0.15) is 19.4 Å². The Morgan fingerprint density at radius 3 is 2.35 bits per heavy atom. The van der Waals surface area contributed by atoms with Crippen LogP contribution >= 0.6 is 35.4 Å². The summed E-state index contributed by atoms with van der Waals surface area (Å²) in [5.41, 5.74) is 5.77. The number of rotatable bonds is 3. The molecule has 0 heterocycles. The molecule has 20 heavy (non-hydrogen) atoms. The lowest BCUT2D eigenvalue weighted by Crippen LogP contribution is -2.48. The largest absolute Gasteiger partial charge is 0.359 e. The van der Waals surface area contributed by atoms with Gasteiger partial charge in [-0.2, -0.15) is 0 Å². The summed E-state index contributed by atoms with van der Waals surface area (Å²) >= 11 is 16.7. The van der Waals surface area contributed by atoms with Crippen LogP contribution in [0.4, 0.5) is 0 Å². The van der Waals surface area contributed by atoms with Gasteiger partial charge in [0.2, 0.25) is 0 Å². The fourth-order valence-corrected chi connectivity index (χ4v) is 2.13. The maximum absolute atomic E-state index is 11.6. The molecule has 0 aromatic heterocycles. The molecule has 4 nitrogen and oxygen atoms in total. The zero-order valence-corrected chi connectivity index (χ0v) is 13.4. The van der Waals surface area contributed by atoms with Crippen molar-refractivity contribution < 1.29 is 4.79 Å². The van der Waals surface area contributed by atoms with Gasteiger partial charge in [-0.15, -0.1) is 0 Å². The van der Waals surface area contributed by atoms with Crippen molar-refractivity contribution in [1.82, 2.24) is 16.2 Å². The van der Waals surface area contributed by atoms with E-state index < -0.39 is 0 Å². The maximum Gasteiger partial charge on any atom is 0.262 e. The first kappa shape index (κ1) is 16.8. The molecule has 0 aliphatic rings. The van der Waals surface area contributed by atoms with E-state index in [4.69, 9.17) is 35.4 Å². The Balaban J connectivity index is 2.49. The maximum atomic E-state index is 11.6. The molecule has 0 radical (unpaired) electrons. The van der Waals surface area contributed by atoms with Gasteiger partial charge in [-0.3, -0.25) is 15.6 Å². The Bertz CT molecular complexity index is 512. The number of hydrogen-bond acceptors (Lipinski definition) is 2. The average Bonchev–Trinajstić information content (AvgIpc) is 2.32. The molecule has 7 heteroatoms. The average molecular weight is 332 g/mol. The molecule has 1 aromatic carbocycles. The molecule has 1 amide bonds. The molecule has 0 aliphatic heterocycles. The first-order valence-corrected chi connectivity index (χ1v) is 7.04. The van der Waals surface area contributed by atoms with Crippen LogP contribution < -0.4 is 16.2 Å². The van der Waals surface area contributed by atoms with Crippen LogP contribution in [0, 0.1) is 0 Å². The fourth-order valence-electron chi connectivity index (χ4n) is 1.30. The Labute approximate surface area is 133 Å². The summed E-state index contributed by atoms with van der Waals surface area (Å²) < 4.78 is 0. The fraction of sp³-hybridized carbons (Fsp3) is 0.231. The molecule has 1 aromatic rings. The van der Waals surface area contributed by atoms with Crippen LogP contribution in [-0.4, -0.2) is 17.1 Å². The third kappa shape index (κ3) is 6.75. The minimum atomic E-state index is -0.339. The third-order valence-electron chi connectivity index (χ3n) is 2.03. The van der Waals surface area contributed by atoms with Crippen LogP contribution in [0.15, 0.2) is 24.3 Å². The molecule has 0 spiro atoms. The number of amides is 1. The topological polar surface area (TPSA) is 53.2 Å². The monoisotopic (exact) mass is 331 g/mol. The van der Waals surface area contributed by atoms with Gasteiger partial charge >= 0.3 is 0 Å². The van der Waals surface area contributed by atoms with Crippen molar-refractivity contribution >= 4 is 52.5 Å².